The van der Waals surface area contributed by atoms with Gasteiger partial charge in [0.25, 0.3) is 5.91 Å². The van der Waals surface area contributed by atoms with E-state index in [1.165, 1.54) is 41.2 Å². The number of aromatic nitrogens is 3. The highest BCUT2D eigenvalue weighted by Gasteiger charge is 2.39. The van der Waals surface area contributed by atoms with E-state index < -0.39 is 35.8 Å². The first kappa shape index (κ1) is 26.1. The lowest BCUT2D eigenvalue weighted by Gasteiger charge is -2.26. The van der Waals surface area contributed by atoms with Crippen molar-refractivity contribution in [2.45, 2.75) is 19.3 Å². The molecule has 2 aromatic heterocycles. The van der Waals surface area contributed by atoms with Crippen LogP contribution >= 0.6 is 0 Å². The van der Waals surface area contributed by atoms with Gasteiger partial charge in [-0.25, -0.2) is 23.2 Å². The third kappa shape index (κ3) is 4.45. The number of amides is 1. The Bertz CT molecular complexity index is 1830. The Hall–Kier alpha value is -5.16. The fourth-order valence-electron chi connectivity index (χ4n) is 4.92. The van der Waals surface area contributed by atoms with Crippen molar-refractivity contribution in [3.63, 3.8) is 0 Å². The zero-order valence-corrected chi connectivity index (χ0v) is 21.8. The second-order valence-electron chi connectivity index (χ2n) is 9.38. The van der Waals surface area contributed by atoms with Crippen molar-refractivity contribution < 1.29 is 33.0 Å². The zero-order valence-electron chi connectivity index (χ0n) is 21.8. The van der Waals surface area contributed by atoms with E-state index >= 15 is 0 Å². The maximum Gasteiger partial charge on any atom is 0.340 e. The molecule has 2 atom stereocenters. The number of esters is 1. The summed E-state index contributed by atoms with van der Waals surface area (Å²) < 4.78 is 41.6. The summed E-state index contributed by atoms with van der Waals surface area (Å²) in [6, 6.07) is 16.2. The van der Waals surface area contributed by atoms with Gasteiger partial charge in [0.05, 0.1) is 23.9 Å². The van der Waals surface area contributed by atoms with Crippen molar-refractivity contribution >= 4 is 28.6 Å². The van der Waals surface area contributed by atoms with Crippen molar-refractivity contribution in [1.82, 2.24) is 14.8 Å². The molecule has 11 heteroatoms. The Balaban J connectivity index is 1.49. The van der Waals surface area contributed by atoms with Crippen molar-refractivity contribution in [3.8, 4) is 11.4 Å². The molecule has 1 aliphatic heterocycles. The number of pyridine rings is 1. The largest absolute Gasteiger partial charge is 0.482 e. The molecule has 0 saturated carbocycles. The van der Waals surface area contributed by atoms with Crippen LogP contribution < -0.4 is 9.64 Å². The molecule has 1 N–H and O–H groups in total. The minimum absolute atomic E-state index is 0.000556. The molecule has 0 fully saturated rings. The molecule has 3 aromatic carbocycles. The number of hydrogen-bond acceptors (Lipinski definition) is 7. The van der Waals surface area contributed by atoms with Gasteiger partial charge in [-0.3, -0.25) is 9.69 Å². The topological polar surface area (TPSA) is 107 Å². The maximum atomic E-state index is 14.9. The molecule has 9 nitrogen and oxygen atoms in total. The number of halogens is 2. The maximum absolute atomic E-state index is 14.9. The molecule has 0 saturated heterocycles. The van der Waals surface area contributed by atoms with Crippen LogP contribution in [0.5, 0.6) is 5.75 Å². The van der Waals surface area contributed by atoms with E-state index in [2.05, 4.69) is 10.1 Å². The van der Waals surface area contributed by atoms with Gasteiger partial charge >= 0.3 is 5.97 Å². The highest BCUT2D eigenvalue weighted by molar-refractivity contribution is 6.11. The average Bonchev–Trinajstić information content (AvgIpc) is 3.59. The summed E-state index contributed by atoms with van der Waals surface area (Å²) in [6.45, 7) is 1.65. The van der Waals surface area contributed by atoms with E-state index in [4.69, 9.17) is 9.47 Å². The Kier molecular flexibility index (Phi) is 6.43. The van der Waals surface area contributed by atoms with E-state index in [1.807, 2.05) is 0 Å². The van der Waals surface area contributed by atoms with Crippen LogP contribution in [0.2, 0.25) is 0 Å². The number of carbonyl (C=O) groups excluding carboxylic acids is 2. The molecular weight excluding hydrogens is 534 g/mol. The smallest absolute Gasteiger partial charge is 0.340 e. The first-order valence-corrected chi connectivity index (χ1v) is 12.6. The van der Waals surface area contributed by atoms with Gasteiger partial charge in [-0.05, 0) is 49.4 Å². The number of hydrogen-bond donors (Lipinski definition) is 1. The lowest BCUT2D eigenvalue weighted by Crippen LogP contribution is -2.29. The summed E-state index contributed by atoms with van der Waals surface area (Å²) in [5.74, 6) is -2.64. The van der Waals surface area contributed by atoms with Crippen LogP contribution in [0.15, 0.2) is 79.1 Å². The van der Waals surface area contributed by atoms with Gasteiger partial charge in [-0.15, -0.1) is 0 Å². The molecule has 0 bridgehead atoms. The number of carbonyl (C=O) groups is 2. The van der Waals surface area contributed by atoms with Gasteiger partial charge in [0.15, 0.2) is 17.8 Å². The molecule has 5 aromatic rings. The van der Waals surface area contributed by atoms with Crippen LogP contribution in [0.25, 0.3) is 16.6 Å². The number of fused-ring (bicyclic) bond motifs is 2. The molecule has 3 heterocycles. The predicted octanol–water partition coefficient (Wildman–Crippen LogP) is 5.28. The average molecular weight is 557 g/mol. The fraction of sp³-hybridized carbons (Fsp3) is 0.133. The SMILES string of the molecule is COC(=O)c1cc([C@H](C)Oc2cc3cc(F)ccc3nc2N2C(=O)c3ccccc3C2O)c(-n2cccn2)cc1F. The summed E-state index contributed by atoms with van der Waals surface area (Å²) in [6.07, 6.45) is 0.880. The Morgan fingerprint density at radius 3 is 2.61 bits per heavy atom. The van der Waals surface area contributed by atoms with Gasteiger partial charge < -0.3 is 14.6 Å². The molecule has 1 unspecified atom stereocenters. The molecule has 0 radical (unpaired) electrons. The minimum Gasteiger partial charge on any atom is -0.482 e. The van der Waals surface area contributed by atoms with Crippen molar-refractivity contribution in [2.24, 2.45) is 0 Å². The quantitative estimate of drug-likeness (QED) is 0.284. The van der Waals surface area contributed by atoms with E-state index in [0.29, 0.717) is 33.3 Å². The third-order valence-corrected chi connectivity index (χ3v) is 6.90. The highest BCUT2D eigenvalue weighted by Crippen LogP contribution is 2.42. The number of aliphatic hydroxyl groups is 1. The van der Waals surface area contributed by atoms with Gasteiger partial charge in [0, 0.05) is 40.5 Å². The summed E-state index contributed by atoms with van der Waals surface area (Å²) in [7, 11) is 1.14. The second kappa shape index (κ2) is 10.1. The van der Waals surface area contributed by atoms with Gasteiger partial charge in [-0.2, -0.15) is 5.10 Å². The van der Waals surface area contributed by atoms with Crippen LogP contribution in [0.1, 0.15) is 51.1 Å². The molecule has 1 aliphatic rings. The molecule has 0 spiro atoms. The van der Waals surface area contributed by atoms with Gasteiger partial charge in [0.2, 0.25) is 0 Å². The van der Waals surface area contributed by atoms with Crippen LogP contribution in [0.3, 0.4) is 0 Å². The van der Waals surface area contributed by atoms with Crippen molar-refractivity contribution in [2.75, 3.05) is 12.0 Å². The Morgan fingerprint density at radius 1 is 1.07 bits per heavy atom. The van der Waals surface area contributed by atoms with E-state index in [0.717, 1.165) is 18.1 Å². The number of anilines is 1. The summed E-state index contributed by atoms with van der Waals surface area (Å²) in [5, 5.41) is 15.7. The summed E-state index contributed by atoms with van der Waals surface area (Å²) in [4.78, 5) is 31.4. The van der Waals surface area contributed by atoms with E-state index in [-0.39, 0.29) is 17.1 Å². The number of nitrogens with zero attached hydrogens (tertiary/aromatic N) is 4. The molecule has 0 aliphatic carbocycles. The Morgan fingerprint density at radius 2 is 1.88 bits per heavy atom. The summed E-state index contributed by atoms with van der Waals surface area (Å²) in [5.41, 5.74) is 1.41. The van der Waals surface area contributed by atoms with Crippen LogP contribution in [-0.2, 0) is 4.74 Å². The molecular formula is C30H22F2N4O5. The van der Waals surface area contributed by atoms with E-state index in [9.17, 15) is 23.5 Å². The van der Waals surface area contributed by atoms with Crippen LogP contribution in [0, 0.1) is 11.6 Å². The zero-order chi connectivity index (χ0) is 28.8. The number of methoxy groups -OCH3 is 1. The third-order valence-electron chi connectivity index (χ3n) is 6.90. The molecule has 41 heavy (non-hydrogen) atoms. The van der Waals surface area contributed by atoms with Crippen molar-refractivity contribution in [1.29, 1.82) is 0 Å². The van der Waals surface area contributed by atoms with Crippen LogP contribution in [0.4, 0.5) is 14.6 Å². The van der Waals surface area contributed by atoms with Crippen LogP contribution in [-0.4, -0.2) is 38.9 Å². The van der Waals surface area contributed by atoms with E-state index in [1.54, 1.807) is 43.5 Å². The summed E-state index contributed by atoms with van der Waals surface area (Å²) >= 11 is 0. The number of rotatable bonds is 6. The minimum atomic E-state index is -1.35. The lowest BCUT2D eigenvalue weighted by molar-refractivity contribution is 0.0595. The van der Waals surface area contributed by atoms with Gasteiger partial charge in [0.1, 0.15) is 17.7 Å². The molecule has 6 rings (SSSR count). The normalized spacial score (nSPS) is 15.2. The predicted molar refractivity (Wildman–Crippen MR) is 144 cm³/mol. The second-order valence-corrected chi connectivity index (χ2v) is 9.38. The monoisotopic (exact) mass is 556 g/mol. The number of aliphatic hydroxyl groups excluding tert-OH is 1. The standard InChI is InChI=1S/C30H22F2N4O5/c1-16(21-14-22(30(39)40-2)23(32)15-25(21)35-11-5-10-33-35)41-26-13-17-12-18(31)8-9-24(17)34-27(26)36-28(37)19-6-3-4-7-20(19)29(36)38/h3-16,28,37H,1-2H3/t16-,28?/m0/s1. The van der Waals surface area contributed by atoms with Gasteiger partial charge in [-0.1, -0.05) is 18.2 Å². The fourth-order valence-corrected chi connectivity index (χ4v) is 4.92. The first-order valence-electron chi connectivity index (χ1n) is 12.6. The highest BCUT2D eigenvalue weighted by atomic mass is 19.1. The first-order chi connectivity index (χ1) is 19.8. The molecule has 206 valence electrons. The number of benzene rings is 3. The van der Waals surface area contributed by atoms with Crippen molar-refractivity contribution in [3.05, 3.63) is 113 Å². The lowest BCUT2D eigenvalue weighted by atomic mass is 10.0. The molecule has 1 amide bonds. The Labute approximate surface area is 232 Å². The number of ether oxygens (including phenoxy) is 2.